The van der Waals surface area contributed by atoms with Gasteiger partial charge in [0.15, 0.2) is 0 Å². The fraction of sp³-hybridized carbons (Fsp3) is 0.833. The van der Waals surface area contributed by atoms with Gasteiger partial charge in [-0.15, -0.1) is 0 Å². The van der Waals surface area contributed by atoms with Crippen LogP contribution in [-0.2, 0) is 9.47 Å². The Morgan fingerprint density at radius 3 is 2.46 bits per heavy atom. The molecular formula is C6H10O7. The van der Waals surface area contributed by atoms with E-state index < -0.39 is 30.8 Å². The van der Waals surface area contributed by atoms with Gasteiger partial charge in [-0.05, 0) is 0 Å². The predicted octanol–water partition coefficient (Wildman–Crippen LogP) is -1.88. The highest BCUT2D eigenvalue weighted by Crippen LogP contribution is 2.16. The lowest BCUT2D eigenvalue weighted by Crippen LogP contribution is -2.54. The quantitative estimate of drug-likeness (QED) is 0.361. The van der Waals surface area contributed by atoms with E-state index in [9.17, 15) is 4.79 Å². The van der Waals surface area contributed by atoms with Gasteiger partial charge in [0, 0.05) is 0 Å². The van der Waals surface area contributed by atoms with Gasteiger partial charge < -0.3 is 29.9 Å². The van der Waals surface area contributed by atoms with Crippen molar-refractivity contribution in [3.63, 3.8) is 0 Å². The zero-order chi connectivity index (χ0) is 10.0. The number of hydrogen-bond acceptors (Lipinski definition) is 6. The molecule has 0 aliphatic carbocycles. The van der Waals surface area contributed by atoms with Crippen LogP contribution in [0, 0.1) is 0 Å². The molecule has 0 aromatic heterocycles. The lowest BCUT2D eigenvalue weighted by Gasteiger charge is -2.33. The Labute approximate surface area is 73.1 Å². The number of carbonyl (C=O) groups is 1. The summed E-state index contributed by atoms with van der Waals surface area (Å²) in [6.07, 6.45) is -7.33. The van der Waals surface area contributed by atoms with Gasteiger partial charge in [0.1, 0.15) is 18.3 Å². The molecular weight excluding hydrogens is 184 g/mol. The number of rotatable bonds is 1. The molecule has 0 spiro atoms. The Balaban J connectivity index is 2.53. The molecule has 76 valence electrons. The highest BCUT2D eigenvalue weighted by molar-refractivity contribution is 5.57. The monoisotopic (exact) mass is 194 g/mol. The maximum Gasteiger partial charge on any atom is 0.508 e. The molecule has 0 amide bonds. The molecule has 4 atom stereocenters. The number of hydrogen-bond donors (Lipinski definition) is 4. The number of carboxylic acid groups (broad SMARTS) is 1. The van der Waals surface area contributed by atoms with Crippen LogP contribution in [0.25, 0.3) is 0 Å². The summed E-state index contributed by atoms with van der Waals surface area (Å²) in [5, 5.41) is 35.4. The van der Waals surface area contributed by atoms with Gasteiger partial charge in [-0.3, -0.25) is 0 Å². The van der Waals surface area contributed by atoms with Crippen molar-refractivity contribution in [3.05, 3.63) is 0 Å². The van der Waals surface area contributed by atoms with Crippen LogP contribution in [0.15, 0.2) is 0 Å². The zero-order valence-corrected chi connectivity index (χ0v) is 6.53. The Morgan fingerprint density at radius 1 is 1.31 bits per heavy atom. The minimum Gasteiger partial charge on any atom is -0.450 e. The van der Waals surface area contributed by atoms with Crippen molar-refractivity contribution in [1.29, 1.82) is 0 Å². The number of aliphatic hydroxyl groups excluding tert-OH is 3. The number of ether oxygens (including phenoxy) is 2. The van der Waals surface area contributed by atoms with Crippen LogP contribution in [0.5, 0.6) is 0 Å². The van der Waals surface area contributed by atoms with E-state index in [0.717, 1.165) is 0 Å². The third kappa shape index (κ3) is 2.28. The second-order valence-corrected chi connectivity index (χ2v) is 2.63. The van der Waals surface area contributed by atoms with Gasteiger partial charge >= 0.3 is 6.16 Å². The summed E-state index contributed by atoms with van der Waals surface area (Å²) >= 11 is 0. The first kappa shape index (κ1) is 10.2. The molecule has 1 saturated heterocycles. The minimum atomic E-state index is -1.62. The third-order valence-electron chi connectivity index (χ3n) is 1.67. The maximum absolute atomic E-state index is 10.0. The molecule has 7 heteroatoms. The first-order valence-electron chi connectivity index (χ1n) is 3.57. The molecule has 0 saturated carbocycles. The molecule has 0 bridgehead atoms. The van der Waals surface area contributed by atoms with E-state index in [0.29, 0.717) is 0 Å². The standard InChI is InChI=1S/C6H10O7/c7-2-1-12-5(13-6(10)11)4(9)3(2)8/h2-5,7-9H,1H2,(H,10,11)/t2-,3-,4+,5?/m1/s1. The van der Waals surface area contributed by atoms with E-state index in [1.807, 2.05) is 0 Å². The highest BCUT2D eigenvalue weighted by atomic mass is 16.8. The van der Waals surface area contributed by atoms with Crippen LogP contribution in [0.2, 0.25) is 0 Å². The molecule has 1 fully saturated rings. The lowest BCUT2D eigenvalue weighted by atomic mass is 10.1. The average molecular weight is 194 g/mol. The minimum absolute atomic E-state index is 0.282. The molecule has 1 aliphatic rings. The van der Waals surface area contributed by atoms with Gasteiger partial charge in [0.25, 0.3) is 0 Å². The smallest absolute Gasteiger partial charge is 0.450 e. The average Bonchev–Trinajstić information content (AvgIpc) is 2.06. The van der Waals surface area contributed by atoms with Crippen LogP contribution in [0.1, 0.15) is 0 Å². The van der Waals surface area contributed by atoms with Crippen molar-refractivity contribution in [3.8, 4) is 0 Å². The molecule has 4 N–H and O–H groups in total. The topological polar surface area (TPSA) is 116 Å². The van der Waals surface area contributed by atoms with E-state index >= 15 is 0 Å². The fourth-order valence-electron chi connectivity index (χ4n) is 0.982. The van der Waals surface area contributed by atoms with Crippen molar-refractivity contribution in [2.75, 3.05) is 6.61 Å². The molecule has 0 radical (unpaired) electrons. The summed E-state index contributed by atoms with van der Waals surface area (Å²) < 4.78 is 8.72. The van der Waals surface area contributed by atoms with E-state index in [2.05, 4.69) is 9.47 Å². The van der Waals surface area contributed by atoms with Crippen molar-refractivity contribution < 1.29 is 34.7 Å². The van der Waals surface area contributed by atoms with Gasteiger partial charge in [0.05, 0.1) is 6.61 Å². The molecule has 13 heavy (non-hydrogen) atoms. The Kier molecular flexibility index (Phi) is 3.04. The summed E-state index contributed by atoms with van der Waals surface area (Å²) in [6.45, 7) is -0.282. The van der Waals surface area contributed by atoms with E-state index in [1.165, 1.54) is 0 Å². The van der Waals surface area contributed by atoms with Crippen molar-refractivity contribution in [2.45, 2.75) is 24.6 Å². The molecule has 1 unspecified atom stereocenters. The van der Waals surface area contributed by atoms with E-state index in [1.54, 1.807) is 0 Å². The lowest BCUT2D eigenvalue weighted by molar-refractivity contribution is -0.254. The predicted molar refractivity (Wildman–Crippen MR) is 36.9 cm³/mol. The van der Waals surface area contributed by atoms with Gasteiger partial charge in [0.2, 0.25) is 6.29 Å². The summed E-state index contributed by atoms with van der Waals surface area (Å²) in [4.78, 5) is 10.0. The van der Waals surface area contributed by atoms with Crippen LogP contribution >= 0.6 is 0 Å². The van der Waals surface area contributed by atoms with Gasteiger partial charge in [-0.1, -0.05) is 0 Å². The Hall–Kier alpha value is -0.890. The normalized spacial score (nSPS) is 39.9. The Bertz CT molecular complexity index is 193. The zero-order valence-electron chi connectivity index (χ0n) is 6.53. The maximum atomic E-state index is 10.0. The number of aliphatic hydroxyl groups is 3. The summed E-state index contributed by atoms with van der Waals surface area (Å²) in [6, 6.07) is 0. The first-order valence-corrected chi connectivity index (χ1v) is 3.57. The first-order chi connectivity index (χ1) is 6.02. The van der Waals surface area contributed by atoms with Gasteiger partial charge in [-0.25, -0.2) is 4.79 Å². The van der Waals surface area contributed by atoms with Gasteiger partial charge in [-0.2, -0.15) is 0 Å². The second-order valence-electron chi connectivity index (χ2n) is 2.63. The molecule has 1 rings (SSSR count). The Morgan fingerprint density at radius 2 is 1.92 bits per heavy atom. The van der Waals surface area contributed by atoms with Crippen LogP contribution in [0.4, 0.5) is 4.79 Å². The molecule has 1 aliphatic heterocycles. The summed E-state index contributed by atoms with van der Waals surface area (Å²) in [7, 11) is 0. The van der Waals surface area contributed by atoms with Crippen molar-refractivity contribution >= 4 is 6.16 Å². The van der Waals surface area contributed by atoms with Crippen LogP contribution in [0.3, 0.4) is 0 Å². The molecule has 7 nitrogen and oxygen atoms in total. The van der Waals surface area contributed by atoms with E-state index in [4.69, 9.17) is 20.4 Å². The largest absolute Gasteiger partial charge is 0.508 e. The van der Waals surface area contributed by atoms with E-state index in [-0.39, 0.29) is 6.61 Å². The molecule has 0 aromatic rings. The van der Waals surface area contributed by atoms with Crippen LogP contribution in [-0.4, -0.2) is 57.8 Å². The third-order valence-corrected chi connectivity index (χ3v) is 1.67. The van der Waals surface area contributed by atoms with Crippen LogP contribution < -0.4 is 0 Å². The fourth-order valence-corrected chi connectivity index (χ4v) is 0.982. The summed E-state index contributed by atoms with van der Waals surface area (Å²) in [5.41, 5.74) is 0. The second kappa shape index (κ2) is 3.88. The summed E-state index contributed by atoms with van der Waals surface area (Å²) in [5.74, 6) is 0. The highest BCUT2D eigenvalue weighted by Gasteiger charge is 2.39. The SMILES string of the molecule is O=C(O)OC1OC[C@@H](O)[C@@H](O)[C@@H]1O. The molecule has 1 heterocycles. The van der Waals surface area contributed by atoms with Crippen molar-refractivity contribution in [1.82, 2.24) is 0 Å². The molecule has 0 aromatic carbocycles. The van der Waals surface area contributed by atoms with Crippen molar-refractivity contribution in [2.24, 2.45) is 0 Å².